The van der Waals surface area contributed by atoms with Crippen LogP contribution in [0.4, 0.5) is 0 Å². The van der Waals surface area contributed by atoms with E-state index in [1.165, 1.54) is 0 Å². The topological polar surface area (TPSA) is 75.6 Å². The predicted molar refractivity (Wildman–Crippen MR) is 114 cm³/mol. The molecule has 2 heterocycles. The highest BCUT2D eigenvalue weighted by atomic mass is 16.5. The average Bonchev–Trinajstić information content (AvgIpc) is 2.78. The van der Waals surface area contributed by atoms with Gasteiger partial charge in [0, 0.05) is 25.8 Å². The van der Waals surface area contributed by atoms with Gasteiger partial charge in [-0.15, -0.1) is 0 Å². The Bertz CT molecular complexity index is 868. The van der Waals surface area contributed by atoms with Crippen molar-refractivity contribution in [3.8, 4) is 5.75 Å². The number of hydrogen-bond acceptors (Lipinski definition) is 5. The van der Waals surface area contributed by atoms with Crippen LogP contribution in [0.25, 0.3) is 0 Å². The third-order valence-electron chi connectivity index (χ3n) is 5.51. The molecule has 2 amide bonds. The Balaban J connectivity index is 1.74. The highest BCUT2D eigenvalue weighted by Gasteiger charge is 2.31. The molecule has 160 valence electrons. The molecule has 0 bridgehead atoms. The van der Waals surface area contributed by atoms with Gasteiger partial charge in [-0.05, 0) is 52.2 Å². The van der Waals surface area contributed by atoms with Crippen molar-refractivity contribution in [2.24, 2.45) is 0 Å². The quantitative estimate of drug-likeness (QED) is 0.699. The van der Waals surface area contributed by atoms with Crippen molar-refractivity contribution in [1.82, 2.24) is 19.8 Å². The van der Waals surface area contributed by atoms with E-state index >= 15 is 0 Å². The maximum Gasteiger partial charge on any atom is 0.261 e. The first-order valence-electron chi connectivity index (χ1n) is 10.6. The number of aromatic nitrogens is 2. The number of aryl methyl sites for hydroxylation is 1. The monoisotopic (exact) mass is 410 g/mol. The third-order valence-corrected chi connectivity index (χ3v) is 5.51. The largest absolute Gasteiger partial charge is 0.484 e. The first-order valence-corrected chi connectivity index (χ1v) is 10.6. The van der Waals surface area contributed by atoms with Crippen LogP contribution >= 0.6 is 0 Å². The lowest BCUT2D eigenvalue weighted by Crippen LogP contribution is -2.42. The summed E-state index contributed by atoms with van der Waals surface area (Å²) in [5.74, 6) is 1.13. The summed E-state index contributed by atoms with van der Waals surface area (Å²) in [5, 5.41) is 0. The number of carbonyl (C=O) groups excluding carboxylic acids is 2. The van der Waals surface area contributed by atoms with E-state index < -0.39 is 0 Å². The van der Waals surface area contributed by atoms with Crippen LogP contribution in [0.5, 0.6) is 5.75 Å². The molecule has 7 nitrogen and oxygen atoms in total. The lowest BCUT2D eigenvalue weighted by Gasteiger charge is -2.34. The van der Waals surface area contributed by atoms with Crippen molar-refractivity contribution >= 4 is 11.8 Å². The summed E-state index contributed by atoms with van der Waals surface area (Å²) in [6, 6.07) is 9.13. The van der Waals surface area contributed by atoms with E-state index in [0.717, 1.165) is 19.3 Å². The number of piperidine rings is 1. The second-order valence-electron chi connectivity index (χ2n) is 7.41. The molecule has 1 aliphatic rings. The zero-order chi connectivity index (χ0) is 21.5. The molecule has 0 unspecified atom stereocenters. The Morgan fingerprint density at radius 1 is 1.17 bits per heavy atom. The Morgan fingerprint density at radius 3 is 2.57 bits per heavy atom. The zero-order valence-electron chi connectivity index (χ0n) is 18.0. The van der Waals surface area contributed by atoms with Gasteiger partial charge in [-0.25, -0.2) is 9.97 Å². The number of ether oxygens (including phenoxy) is 1. The number of hydrogen-bond donors (Lipinski definition) is 0. The van der Waals surface area contributed by atoms with Gasteiger partial charge in [0.05, 0.1) is 17.3 Å². The van der Waals surface area contributed by atoms with Crippen molar-refractivity contribution < 1.29 is 14.3 Å². The SMILES string of the molecule is CCN(CC)C(=O)c1cnc([C@H]2CCCCN2C(=O)COc2ccccc2)nc1C. The van der Waals surface area contributed by atoms with Gasteiger partial charge in [-0.2, -0.15) is 0 Å². The van der Waals surface area contributed by atoms with Crippen LogP contribution in [0.1, 0.15) is 61.0 Å². The number of rotatable bonds is 7. The minimum Gasteiger partial charge on any atom is -0.484 e. The molecule has 2 aromatic rings. The summed E-state index contributed by atoms with van der Waals surface area (Å²) < 4.78 is 5.65. The van der Waals surface area contributed by atoms with Gasteiger partial charge in [0.1, 0.15) is 5.75 Å². The van der Waals surface area contributed by atoms with Crippen molar-refractivity contribution in [1.29, 1.82) is 0 Å². The van der Waals surface area contributed by atoms with Crippen molar-refractivity contribution in [2.45, 2.75) is 46.1 Å². The maximum atomic E-state index is 12.9. The minimum atomic E-state index is -0.193. The van der Waals surface area contributed by atoms with Crippen LogP contribution < -0.4 is 4.74 Å². The van der Waals surface area contributed by atoms with E-state index in [4.69, 9.17) is 4.74 Å². The lowest BCUT2D eigenvalue weighted by atomic mass is 10.0. The number of benzene rings is 1. The molecular weight excluding hydrogens is 380 g/mol. The van der Waals surface area contributed by atoms with Crippen LogP contribution in [0.2, 0.25) is 0 Å². The molecule has 30 heavy (non-hydrogen) atoms. The molecule has 1 fully saturated rings. The summed E-state index contributed by atoms with van der Waals surface area (Å²) in [7, 11) is 0. The normalized spacial score (nSPS) is 16.2. The first kappa shape index (κ1) is 21.7. The summed E-state index contributed by atoms with van der Waals surface area (Å²) in [5.41, 5.74) is 1.17. The van der Waals surface area contributed by atoms with Gasteiger partial charge in [0.2, 0.25) is 0 Å². The van der Waals surface area contributed by atoms with Crippen LogP contribution in [0, 0.1) is 6.92 Å². The van der Waals surface area contributed by atoms with E-state index in [9.17, 15) is 9.59 Å². The fourth-order valence-electron chi connectivity index (χ4n) is 3.78. The van der Waals surface area contributed by atoms with Crippen LogP contribution in [0.15, 0.2) is 36.5 Å². The van der Waals surface area contributed by atoms with Crippen LogP contribution in [-0.4, -0.2) is 57.8 Å². The van der Waals surface area contributed by atoms with E-state index in [1.807, 2.05) is 56.0 Å². The van der Waals surface area contributed by atoms with E-state index in [1.54, 1.807) is 11.1 Å². The number of para-hydroxylation sites is 1. The van der Waals surface area contributed by atoms with E-state index in [-0.39, 0.29) is 24.5 Å². The standard InChI is InChI=1S/C23H30N4O3/c1-4-26(5-2)23(29)19-15-24-22(25-17(19)3)20-13-9-10-14-27(20)21(28)16-30-18-11-7-6-8-12-18/h6-8,11-12,15,20H,4-5,9-10,13-14,16H2,1-3H3/t20-/m1/s1. The van der Waals surface area contributed by atoms with Crippen LogP contribution in [-0.2, 0) is 4.79 Å². The smallest absolute Gasteiger partial charge is 0.261 e. The molecule has 0 aliphatic carbocycles. The van der Waals surface area contributed by atoms with Crippen molar-refractivity contribution in [3.63, 3.8) is 0 Å². The first-order chi connectivity index (χ1) is 14.5. The molecule has 0 saturated carbocycles. The Hall–Kier alpha value is -2.96. The molecule has 1 saturated heterocycles. The van der Waals surface area contributed by atoms with E-state index in [2.05, 4.69) is 9.97 Å². The van der Waals surface area contributed by atoms with Gasteiger partial charge in [0.25, 0.3) is 11.8 Å². The van der Waals surface area contributed by atoms with Gasteiger partial charge >= 0.3 is 0 Å². The van der Waals surface area contributed by atoms with Gasteiger partial charge < -0.3 is 14.5 Å². The Kier molecular flexibility index (Phi) is 7.38. The maximum absolute atomic E-state index is 12.9. The Morgan fingerprint density at radius 2 is 1.90 bits per heavy atom. The summed E-state index contributed by atoms with van der Waals surface area (Å²) in [4.78, 5) is 38.2. The Labute approximate surface area is 178 Å². The molecule has 3 rings (SSSR count). The molecule has 7 heteroatoms. The van der Waals surface area contributed by atoms with E-state index in [0.29, 0.717) is 42.5 Å². The van der Waals surface area contributed by atoms with Gasteiger partial charge in [0.15, 0.2) is 12.4 Å². The number of nitrogens with zero attached hydrogens (tertiary/aromatic N) is 4. The minimum absolute atomic E-state index is 0.0158. The molecule has 1 aromatic heterocycles. The molecule has 0 N–H and O–H groups in total. The fraction of sp³-hybridized carbons (Fsp3) is 0.478. The van der Waals surface area contributed by atoms with Gasteiger partial charge in [-0.3, -0.25) is 9.59 Å². The average molecular weight is 411 g/mol. The molecule has 1 atom stereocenters. The highest BCUT2D eigenvalue weighted by Crippen LogP contribution is 2.29. The summed E-state index contributed by atoms with van der Waals surface area (Å²) in [6.07, 6.45) is 4.37. The lowest BCUT2D eigenvalue weighted by molar-refractivity contribution is -0.137. The highest BCUT2D eigenvalue weighted by molar-refractivity contribution is 5.94. The number of likely N-dealkylation sites (tertiary alicyclic amines) is 1. The fourth-order valence-corrected chi connectivity index (χ4v) is 3.78. The summed E-state index contributed by atoms with van der Waals surface area (Å²) in [6.45, 7) is 7.66. The van der Waals surface area contributed by atoms with Crippen molar-refractivity contribution in [2.75, 3.05) is 26.2 Å². The molecule has 1 aromatic carbocycles. The second kappa shape index (κ2) is 10.2. The predicted octanol–water partition coefficient (Wildman–Crippen LogP) is 3.40. The number of carbonyl (C=O) groups is 2. The van der Waals surface area contributed by atoms with Gasteiger partial charge in [-0.1, -0.05) is 18.2 Å². The number of amides is 2. The molecule has 0 radical (unpaired) electrons. The molecule has 1 aliphatic heterocycles. The zero-order valence-corrected chi connectivity index (χ0v) is 18.0. The summed E-state index contributed by atoms with van der Waals surface area (Å²) >= 11 is 0. The molecule has 0 spiro atoms. The molecular formula is C23H30N4O3. The van der Waals surface area contributed by atoms with Crippen molar-refractivity contribution in [3.05, 3.63) is 53.6 Å². The third kappa shape index (κ3) is 4.96. The van der Waals surface area contributed by atoms with Crippen LogP contribution in [0.3, 0.4) is 0 Å². The second-order valence-corrected chi connectivity index (χ2v) is 7.41.